The number of amides is 1. The van der Waals surface area contributed by atoms with Crippen molar-refractivity contribution in [2.75, 3.05) is 0 Å². The molecule has 1 rings (SSSR count). The van der Waals surface area contributed by atoms with Crippen molar-refractivity contribution in [3.8, 4) is 0 Å². The topological polar surface area (TPSA) is 60.8 Å². The third-order valence-electron chi connectivity index (χ3n) is 1.61. The number of carbonyl (C=O) groups excluding carboxylic acids is 1. The summed E-state index contributed by atoms with van der Waals surface area (Å²) in [6.07, 6.45) is 3.86. The standard InChI is InChI=1S/C8H11NO3/c1-6-5-8(2,11)4-3-7(10)9(6)12/h3-5,11-12H,1-2H3. The van der Waals surface area contributed by atoms with E-state index in [-0.39, 0.29) is 0 Å². The first-order valence-electron chi connectivity index (χ1n) is 3.56. The van der Waals surface area contributed by atoms with Crippen molar-refractivity contribution in [3.05, 3.63) is 23.9 Å². The van der Waals surface area contributed by atoms with Crippen LogP contribution in [0.5, 0.6) is 0 Å². The van der Waals surface area contributed by atoms with Gasteiger partial charge in [0.05, 0.1) is 0 Å². The van der Waals surface area contributed by atoms with Gasteiger partial charge in [0, 0.05) is 11.8 Å². The predicted molar refractivity (Wildman–Crippen MR) is 42.2 cm³/mol. The van der Waals surface area contributed by atoms with Gasteiger partial charge in [-0.1, -0.05) is 0 Å². The Morgan fingerprint density at radius 2 is 2.17 bits per heavy atom. The number of carbonyl (C=O) groups is 1. The summed E-state index contributed by atoms with van der Waals surface area (Å²) in [5, 5.41) is 19.1. The first kappa shape index (κ1) is 8.96. The number of hydrogen-bond acceptors (Lipinski definition) is 3. The summed E-state index contributed by atoms with van der Waals surface area (Å²) in [5.74, 6) is -0.554. The molecule has 4 heteroatoms. The summed E-state index contributed by atoms with van der Waals surface area (Å²) in [6, 6.07) is 0. The number of nitrogens with zero attached hydrogens (tertiary/aromatic N) is 1. The van der Waals surface area contributed by atoms with E-state index in [1.54, 1.807) is 6.92 Å². The van der Waals surface area contributed by atoms with E-state index in [9.17, 15) is 9.90 Å². The Hall–Kier alpha value is -1.13. The normalized spacial score (nSPS) is 30.2. The fourth-order valence-corrected chi connectivity index (χ4v) is 1.02. The lowest BCUT2D eigenvalue weighted by Crippen LogP contribution is -2.23. The third kappa shape index (κ3) is 1.72. The first-order valence-corrected chi connectivity index (χ1v) is 3.56. The predicted octanol–water partition coefficient (Wildman–Crippen LogP) is 0.429. The van der Waals surface area contributed by atoms with Crippen molar-refractivity contribution in [2.45, 2.75) is 19.4 Å². The van der Waals surface area contributed by atoms with Crippen LogP contribution in [0.3, 0.4) is 0 Å². The van der Waals surface area contributed by atoms with Gasteiger partial charge >= 0.3 is 0 Å². The number of allylic oxidation sites excluding steroid dienone is 1. The molecule has 1 amide bonds. The van der Waals surface area contributed by atoms with E-state index in [0.29, 0.717) is 10.8 Å². The molecule has 0 radical (unpaired) electrons. The fraction of sp³-hybridized carbons (Fsp3) is 0.375. The van der Waals surface area contributed by atoms with Gasteiger partial charge in [0.1, 0.15) is 5.60 Å². The smallest absolute Gasteiger partial charge is 0.274 e. The molecule has 1 heterocycles. The molecule has 0 saturated heterocycles. The van der Waals surface area contributed by atoms with Crippen LogP contribution in [0.15, 0.2) is 23.9 Å². The highest BCUT2D eigenvalue weighted by atomic mass is 16.5. The van der Waals surface area contributed by atoms with Crippen LogP contribution in [0.1, 0.15) is 13.8 Å². The summed E-state index contributed by atoms with van der Waals surface area (Å²) < 4.78 is 0. The molecule has 4 nitrogen and oxygen atoms in total. The molecule has 0 aliphatic carbocycles. The molecule has 0 aromatic heterocycles. The molecule has 0 aromatic carbocycles. The number of hydrogen-bond donors (Lipinski definition) is 2. The van der Waals surface area contributed by atoms with Crippen molar-refractivity contribution >= 4 is 5.91 Å². The second-order valence-corrected chi connectivity index (χ2v) is 2.99. The van der Waals surface area contributed by atoms with Crippen LogP contribution in [-0.2, 0) is 4.79 Å². The first-order chi connectivity index (χ1) is 5.42. The third-order valence-corrected chi connectivity index (χ3v) is 1.61. The molecule has 1 aliphatic rings. The molecule has 1 unspecified atom stereocenters. The van der Waals surface area contributed by atoms with E-state index in [0.717, 1.165) is 6.08 Å². The lowest BCUT2D eigenvalue weighted by molar-refractivity contribution is -0.150. The van der Waals surface area contributed by atoms with Crippen molar-refractivity contribution in [1.82, 2.24) is 5.06 Å². The Morgan fingerprint density at radius 1 is 1.58 bits per heavy atom. The van der Waals surface area contributed by atoms with E-state index < -0.39 is 11.5 Å². The van der Waals surface area contributed by atoms with E-state index in [2.05, 4.69) is 0 Å². The quantitative estimate of drug-likeness (QED) is 0.517. The lowest BCUT2D eigenvalue weighted by Gasteiger charge is -2.14. The largest absolute Gasteiger partial charge is 0.382 e. The molecular weight excluding hydrogens is 158 g/mol. The van der Waals surface area contributed by atoms with E-state index in [1.165, 1.54) is 19.1 Å². The highest BCUT2D eigenvalue weighted by Gasteiger charge is 2.21. The van der Waals surface area contributed by atoms with Gasteiger partial charge in [-0.2, -0.15) is 5.06 Å². The average Bonchev–Trinajstić information content (AvgIpc) is 2.03. The molecule has 0 aromatic rings. The molecule has 0 saturated carbocycles. The average molecular weight is 169 g/mol. The van der Waals surface area contributed by atoms with Gasteiger partial charge in [-0.05, 0) is 26.0 Å². The maximum atomic E-state index is 10.9. The Kier molecular flexibility index (Phi) is 2.04. The minimum absolute atomic E-state index is 0.315. The molecule has 2 N–H and O–H groups in total. The molecule has 12 heavy (non-hydrogen) atoms. The minimum atomic E-state index is -1.17. The Bertz CT molecular complexity index is 265. The SMILES string of the molecule is CC1=CC(C)(O)C=CC(=O)N1O. The number of rotatable bonds is 0. The van der Waals surface area contributed by atoms with Gasteiger partial charge in [0.15, 0.2) is 0 Å². The lowest BCUT2D eigenvalue weighted by atomic mass is 10.1. The van der Waals surface area contributed by atoms with Gasteiger partial charge in [0.25, 0.3) is 5.91 Å². The van der Waals surface area contributed by atoms with Crippen LogP contribution in [-0.4, -0.2) is 26.9 Å². The second kappa shape index (κ2) is 2.73. The summed E-state index contributed by atoms with van der Waals surface area (Å²) in [6.45, 7) is 3.07. The van der Waals surface area contributed by atoms with Crippen LogP contribution in [0.2, 0.25) is 0 Å². The highest BCUT2D eigenvalue weighted by molar-refractivity contribution is 5.88. The zero-order valence-corrected chi connectivity index (χ0v) is 6.98. The van der Waals surface area contributed by atoms with Gasteiger partial charge in [-0.15, -0.1) is 0 Å². The molecule has 0 spiro atoms. The molecule has 0 fully saturated rings. The monoisotopic (exact) mass is 169 g/mol. The van der Waals surface area contributed by atoms with Crippen molar-refractivity contribution < 1.29 is 15.1 Å². The van der Waals surface area contributed by atoms with E-state index >= 15 is 0 Å². The van der Waals surface area contributed by atoms with Gasteiger partial charge in [-0.25, -0.2) is 0 Å². The van der Waals surface area contributed by atoms with Crippen molar-refractivity contribution in [1.29, 1.82) is 0 Å². The summed E-state index contributed by atoms with van der Waals surface area (Å²) in [4.78, 5) is 10.9. The fourth-order valence-electron chi connectivity index (χ4n) is 1.02. The van der Waals surface area contributed by atoms with Crippen LogP contribution < -0.4 is 0 Å². The minimum Gasteiger partial charge on any atom is -0.382 e. The van der Waals surface area contributed by atoms with Gasteiger partial charge < -0.3 is 5.11 Å². The number of hydroxylamine groups is 2. The second-order valence-electron chi connectivity index (χ2n) is 2.99. The van der Waals surface area contributed by atoms with Crippen LogP contribution in [0.25, 0.3) is 0 Å². The number of aliphatic hydroxyl groups is 1. The van der Waals surface area contributed by atoms with E-state index in [4.69, 9.17) is 5.21 Å². The Morgan fingerprint density at radius 3 is 2.75 bits per heavy atom. The highest BCUT2D eigenvalue weighted by Crippen LogP contribution is 2.16. The molecule has 1 atom stereocenters. The van der Waals surface area contributed by atoms with Crippen molar-refractivity contribution in [3.63, 3.8) is 0 Å². The molecular formula is C8H11NO3. The van der Waals surface area contributed by atoms with Crippen LogP contribution >= 0.6 is 0 Å². The van der Waals surface area contributed by atoms with Crippen LogP contribution in [0.4, 0.5) is 0 Å². The summed E-state index contributed by atoms with van der Waals surface area (Å²) in [7, 11) is 0. The van der Waals surface area contributed by atoms with Crippen LogP contribution in [0, 0.1) is 0 Å². The Labute approximate surface area is 70.4 Å². The summed E-state index contributed by atoms with van der Waals surface area (Å²) in [5.41, 5.74) is -0.855. The van der Waals surface area contributed by atoms with Crippen molar-refractivity contribution in [2.24, 2.45) is 0 Å². The van der Waals surface area contributed by atoms with Gasteiger partial charge in [0.2, 0.25) is 0 Å². The maximum Gasteiger partial charge on any atom is 0.274 e. The zero-order chi connectivity index (χ0) is 9.35. The van der Waals surface area contributed by atoms with E-state index in [1.807, 2.05) is 0 Å². The maximum absolute atomic E-state index is 10.9. The Balaban J connectivity index is 3.07. The molecule has 0 bridgehead atoms. The summed E-state index contributed by atoms with van der Waals surface area (Å²) >= 11 is 0. The molecule has 66 valence electrons. The zero-order valence-electron chi connectivity index (χ0n) is 6.98. The van der Waals surface area contributed by atoms with Gasteiger partial charge in [-0.3, -0.25) is 10.0 Å². The molecule has 1 aliphatic heterocycles.